The van der Waals surface area contributed by atoms with Gasteiger partial charge in [-0.15, -0.1) is 0 Å². The second kappa shape index (κ2) is 6.75. The summed E-state index contributed by atoms with van der Waals surface area (Å²) in [4.78, 5) is 36.0. The van der Waals surface area contributed by atoms with Crippen LogP contribution in [0.2, 0.25) is 0 Å². The van der Waals surface area contributed by atoms with Crippen molar-refractivity contribution in [1.82, 2.24) is 0 Å². The lowest BCUT2D eigenvalue weighted by atomic mass is 10.1. The van der Waals surface area contributed by atoms with Crippen molar-refractivity contribution in [3.63, 3.8) is 0 Å². The summed E-state index contributed by atoms with van der Waals surface area (Å²) in [7, 11) is 0. The number of hydrogen-bond acceptors (Lipinski definition) is 5. The van der Waals surface area contributed by atoms with Gasteiger partial charge in [0.25, 0.3) is 0 Å². The molecule has 138 valence electrons. The molecule has 2 N–H and O–H groups in total. The van der Waals surface area contributed by atoms with Crippen LogP contribution in [0.4, 0.5) is 11.4 Å². The average molecular weight is 366 g/mol. The van der Waals surface area contributed by atoms with E-state index in [0.717, 1.165) is 0 Å². The van der Waals surface area contributed by atoms with Crippen molar-refractivity contribution >= 4 is 29.0 Å². The Kier molecular flexibility index (Phi) is 4.27. The molecule has 2 atom stereocenters. The van der Waals surface area contributed by atoms with Gasteiger partial charge in [-0.25, -0.2) is 0 Å². The maximum atomic E-state index is 12.4. The number of amides is 2. The first-order valence-electron chi connectivity index (χ1n) is 8.63. The third kappa shape index (κ3) is 3.62. The van der Waals surface area contributed by atoms with Crippen LogP contribution in [0.3, 0.4) is 0 Å². The van der Waals surface area contributed by atoms with E-state index in [4.69, 9.17) is 9.47 Å². The van der Waals surface area contributed by atoms with Gasteiger partial charge in [-0.2, -0.15) is 0 Å². The summed E-state index contributed by atoms with van der Waals surface area (Å²) in [6.45, 7) is 1.66. The number of benzene rings is 2. The van der Waals surface area contributed by atoms with E-state index in [-0.39, 0.29) is 36.2 Å². The first kappa shape index (κ1) is 17.1. The number of hydrogen-bond donors (Lipinski definition) is 2. The fourth-order valence-electron chi connectivity index (χ4n) is 3.01. The van der Waals surface area contributed by atoms with Gasteiger partial charge in [0, 0.05) is 23.0 Å². The Bertz CT molecular complexity index is 922. The quantitative estimate of drug-likeness (QED) is 0.794. The molecule has 7 nitrogen and oxygen atoms in total. The SMILES string of the molecule is CC(=O)c1ccc(NC(=O)C2CC2C(=O)Nc2ccc3c(c2)OCO3)cc1. The zero-order valence-corrected chi connectivity index (χ0v) is 14.7. The van der Waals surface area contributed by atoms with Crippen LogP contribution in [0.1, 0.15) is 23.7 Å². The molecule has 1 aliphatic heterocycles. The molecule has 1 heterocycles. The predicted molar refractivity (Wildman–Crippen MR) is 97.9 cm³/mol. The third-order valence-corrected chi connectivity index (χ3v) is 4.66. The topological polar surface area (TPSA) is 93.7 Å². The first-order valence-corrected chi connectivity index (χ1v) is 8.63. The van der Waals surface area contributed by atoms with Gasteiger partial charge in [0.15, 0.2) is 17.3 Å². The molecule has 4 rings (SSSR count). The molecule has 2 unspecified atom stereocenters. The van der Waals surface area contributed by atoms with Gasteiger partial charge in [0.05, 0.1) is 11.8 Å². The minimum atomic E-state index is -0.355. The maximum Gasteiger partial charge on any atom is 0.231 e. The van der Waals surface area contributed by atoms with Crippen molar-refractivity contribution in [3.05, 3.63) is 48.0 Å². The van der Waals surface area contributed by atoms with Crippen LogP contribution >= 0.6 is 0 Å². The van der Waals surface area contributed by atoms with E-state index in [0.29, 0.717) is 34.9 Å². The van der Waals surface area contributed by atoms with Gasteiger partial charge in [0.1, 0.15) is 0 Å². The molecule has 2 aromatic carbocycles. The van der Waals surface area contributed by atoms with Crippen molar-refractivity contribution in [1.29, 1.82) is 0 Å². The number of ether oxygens (including phenoxy) is 2. The van der Waals surface area contributed by atoms with Crippen molar-refractivity contribution in [3.8, 4) is 11.5 Å². The molecule has 1 fully saturated rings. The summed E-state index contributed by atoms with van der Waals surface area (Å²) in [5, 5.41) is 5.60. The van der Waals surface area contributed by atoms with Gasteiger partial charge in [-0.3, -0.25) is 14.4 Å². The fourth-order valence-corrected chi connectivity index (χ4v) is 3.01. The Morgan fingerprint density at radius 2 is 1.44 bits per heavy atom. The predicted octanol–water partition coefficient (Wildman–Crippen LogP) is 2.83. The summed E-state index contributed by atoms with van der Waals surface area (Å²) in [5.41, 5.74) is 1.79. The average Bonchev–Trinajstić information content (AvgIpc) is 3.33. The largest absolute Gasteiger partial charge is 0.454 e. The van der Waals surface area contributed by atoms with Crippen LogP contribution in [0.5, 0.6) is 11.5 Å². The number of fused-ring (bicyclic) bond motifs is 1. The number of ketones is 1. The third-order valence-electron chi connectivity index (χ3n) is 4.66. The molecule has 0 aromatic heterocycles. The zero-order valence-electron chi connectivity index (χ0n) is 14.7. The highest BCUT2D eigenvalue weighted by molar-refractivity contribution is 6.03. The standard InChI is InChI=1S/C20H18N2O5/c1-11(23)12-2-4-13(5-3-12)21-19(24)15-9-16(15)20(25)22-14-6-7-17-18(8-14)27-10-26-17/h2-8,15-16H,9-10H2,1H3,(H,21,24)(H,22,25). The maximum absolute atomic E-state index is 12.4. The Hall–Kier alpha value is -3.35. The van der Waals surface area contributed by atoms with Crippen LogP contribution in [-0.4, -0.2) is 24.4 Å². The molecule has 0 saturated heterocycles. The van der Waals surface area contributed by atoms with Crippen LogP contribution in [0, 0.1) is 11.8 Å². The van der Waals surface area contributed by atoms with E-state index >= 15 is 0 Å². The molecule has 2 amide bonds. The lowest BCUT2D eigenvalue weighted by Gasteiger charge is -2.07. The highest BCUT2D eigenvalue weighted by Gasteiger charge is 2.48. The van der Waals surface area contributed by atoms with Gasteiger partial charge in [-0.1, -0.05) is 0 Å². The molecular weight excluding hydrogens is 348 g/mol. The van der Waals surface area contributed by atoms with E-state index in [1.54, 1.807) is 42.5 Å². The zero-order chi connectivity index (χ0) is 19.0. The fraction of sp³-hybridized carbons (Fsp3) is 0.250. The molecular formula is C20H18N2O5. The number of Topliss-reactive ketones (excluding diaryl/α,β-unsaturated/α-hetero) is 1. The first-order chi connectivity index (χ1) is 13.0. The molecule has 0 bridgehead atoms. The van der Waals surface area contributed by atoms with E-state index in [9.17, 15) is 14.4 Å². The van der Waals surface area contributed by atoms with E-state index in [2.05, 4.69) is 10.6 Å². The van der Waals surface area contributed by atoms with Gasteiger partial charge in [-0.05, 0) is 49.7 Å². The number of rotatable bonds is 5. The summed E-state index contributed by atoms with van der Waals surface area (Å²) in [6.07, 6.45) is 0.508. The molecule has 0 spiro atoms. The summed E-state index contributed by atoms with van der Waals surface area (Å²) < 4.78 is 10.5. The van der Waals surface area contributed by atoms with Gasteiger partial charge < -0.3 is 20.1 Å². The summed E-state index contributed by atoms with van der Waals surface area (Å²) in [5.74, 6) is 0.102. The lowest BCUT2D eigenvalue weighted by Crippen LogP contribution is -2.20. The molecule has 7 heteroatoms. The molecule has 2 aliphatic rings. The second-order valence-corrected chi connectivity index (χ2v) is 6.63. The smallest absolute Gasteiger partial charge is 0.231 e. The van der Waals surface area contributed by atoms with Crippen LogP contribution in [0.25, 0.3) is 0 Å². The second-order valence-electron chi connectivity index (χ2n) is 6.63. The Balaban J connectivity index is 1.32. The van der Waals surface area contributed by atoms with E-state index in [1.165, 1.54) is 6.92 Å². The van der Waals surface area contributed by atoms with Crippen molar-refractivity contribution in [2.45, 2.75) is 13.3 Å². The van der Waals surface area contributed by atoms with Crippen molar-refractivity contribution in [2.24, 2.45) is 11.8 Å². The van der Waals surface area contributed by atoms with Gasteiger partial charge in [0.2, 0.25) is 18.6 Å². The minimum Gasteiger partial charge on any atom is -0.454 e. The van der Waals surface area contributed by atoms with Crippen LogP contribution < -0.4 is 20.1 Å². The Morgan fingerprint density at radius 3 is 2.11 bits per heavy atom. The lowest BCUT2D eigenvalue weighted by molar-refractivity contribution is -0.122. The molecule has 27 heavy (non-hydrogen) atoms. The molecule has 2 aromatic rings. The summed E-state index contributed by atoms with van der Waals surface area (Å²) in [6, 6.07) is 11.9. The van der Waals surface area contributed by atoms with E-state index in [1.807, 2.05) is 0 Å². The number of nitrogens with one attached hydrogen (secondary N) is 2. The van der Waals surface area contributed by atoms with Gasteiger partial charge >= 0.3 is 0 Å². The number of anilines is 2. The molecule has 1 saturated carbocycles. The number of carbonyl (C=O) groups is 3. The monoisotopic (exact) mass is 366 g/mol. The molecule has 1 aliphatic carbocycles. The highest BCUT2D eigenvalue weighted by atomic mass is 16.7. The van der Waals surface area contributed by atoms with Crippen molar-refractivity contribution < 1.29 is 23.9 Å². The van der Waals surface area contributed by atoms with Crippen LogP contribution in [-0.2, 0) is 9.59 Å². The Labute approximate surface area is 155 Å². The Morgan fingerprint density at radius 1 is 0.852 bits per heavy atom. The summed E-state index contributed by atoms with van der Waals surface area (Å²) >= 11 is 0. The number of carbonyl (C=O) groups excluding carboxylic acids is 3. The molecule has 0 radical (unpaired) electrons. The van der Waals surface area contributed by atoms with Crippen LogP contribution in [0.15, 0.2) is 42.5 Å². The van der Waals surface area contributed by atoms with Crippen molar-refractivity contribution in [2.75, 3.05) is 17.4 Å². The highest BCUT2D eigenvalue weighted by Crippen LogP contribution is 2.41. The van der Waals surface area contributed by atoms with E-state index < -0.39 is 0 Å². The minimum absolute atomic E-state index is 0.0321. The normalized spacial score (nSPS) is 19.3.